The summed E-state index contributed by atoms with van der Waals surface area (Å²) in [6.45, 7) is 17.6. The molecule has 4 atom stereocenters. The molecule has 0 aliphatic heterocycles. The molecule has 0 N–H and O–H groups in total. The molecule has 2 fully saturated rings. The SMILES string of the molecule is CCCCCCCCCCCCCC(C1CC(C)C(C)C(C)C1)C1CC(C)C(C)C(C)C1. The second-order valence-corrected chi connectivity index (χ2v) is 13.1. The van der Waals surface area contributed by atoms with Crippen LogP contribution >= 0.6 is 0 Å². The molecule has 2 aliphatic rings. The van der Waals surface area contributed by atoms with Crippen LogP contribution < -0.4 is 0 Å². The lowest BCUT2D eigenvalue weighted by molar-refractivity contribution is 0.0285. The van der Waals surface area contributed by atoms with Crippen molar-refractivity contribution in [2.75, 3.05) is 0 Å². The molecule has 0 amide bonds. The van der Waals surface area contributed by atoms with Gasteiger partial charge in [-0.05, 0) is 85.4 Å². The molecule has 0 heterocycles. The maximum absolute atomic E-state index is 2.56. The van der Waals surface area contributed by atoms with Crippen LogP contribution in [0.25, 0.3) is 0 Å². The number of hydrogen-bond donors (Lipinski definition) is 0. The Morgan fingerprint density at radius 3 is 1.12 bits per heavy atom. The molecule has 0 heteroatoms. The second kappa shape index (κ2) is 15.1. The fourth-order valence-corrected chi connectivity index (χ4v) is 7.68. The van der Waals surface area contributed by atoms with Crippen LogP contribution in [0.4, 0.5) is 0 Å². The number of hydrogen-bond acceptors (Lipinski definition) is 0. The molecule has 32 heavy (non-hydrogen) atoms. The lowest BCUT2D eigenvalue weighted by Gasteiger charge is -2.47. The molecule has 0 bridgehead atoms. The first-order valence-electron chi connectivity index (χ1n) is 15.3. The third-order valence-corrected chi connectivity index (χ3v) is 10.6. The van der Waals surface area contributed by atoms with E-state index in [2.05, 4.69) is 48.5 Å². The van der Waals surface area contributed by atoms with Gasteiger partial charge in [0.25, 0.3) is 0 Å². The fourth-order valence-electron chi connectivity index (χ4n) is 7.68. The van der Waals surface area contributed by atoms with Crippen LogP contribution in [0.5, 0.6) is 0 Å². The third kappa shape index (κ3) is 8.98. The second-order valence-electron chi connectivity index (χ2n) is 13.1. The van der Waals surface area contributed by atoms with Gasteiger partial charge in [0, 0.05) is 0 Å². The summed E-state index contributed by atoms with van der Waals surface area (Å²) >= 11 is 0. The summed E-state index contributed by atoms with van der Waals surface area (Å²) in [6, 6.07) is 0. The molecule has 0 aromatic rings. The van der Waals surface area contributed by atoms with Crippen LogP contribution in [-0.2, 0) is 0 Å². The molecule has 2 aliphatic carbocycles. The van der Waals surface area contributed by atoms with Gasteiger partial charge >= 0.3 is 0 Å². The van der Waals surface area contributed by atoms with E-state index in [1.807, 2.05) is 0 Å². The van der Waals surface area contributed by atoms with Crippen LogP contribution in [-0.4, -0.2) is 0 Å². The van der Waals surface area contributed by atoms with Crippen molar-refractivity contribution < 1.29 is 0 Å². The summed E-state index contributed by atoms with van der Waals surface area (Å²) in [4.78, 5) is 0. The Balaban J connectivity index is 1.79. The molecule has 0 aromatic heterocycles. The molecule has 190 valence electrons. The topological polar surface area (TPSA) is 0 Å². The highest BCUT2D eigenvalue weighted by atomic mass is 14.5. The third-order valence-electron chi connectivity index (χ3n) is 10.6. The molecular formula is C32H62. The zero-order valence-electron chi connectivity index (χ0n) is 23.5. The Hall–Kier alpha value is 0. The van der Waals surface area contributed by atoms with Crippen molar-refractivity contribution >= 4 is 0 Å². The zero-order valence-corrected chi connectivity index (χ0v) is 23.5. The summed E-state index contributed by atoms with van der Waals surface area (Å²) in [6.07, 6.45) is 23.8. The predicted molar refractivity (Wildman–Crippen MR) is 145 cm³/mol. The normalized spacial score (nSPS) is 36.8. The summed E-state index contributed by atoms with van der Waals surface area (Å²) in [7, 11) is 0. The van der Waals surface area contributed by atoms with Crippen molar-refractivity contribution in [3.05, 3.63) is 0 Å². The van der Waals surface area contributed by atoms with Gasteiger partial charge in [-0.15, -0.1) is 0 Å². The van der Waals surface area contributed by atoms with Gasteiger partial charge in [-0.1, -0.05) is 119 Å². The highest BCUT2D eigenvalue weighted by molar-refractivity contribution is 4.90. The van der Waals surface area contributed by atoms with E-state index >= 15 is 0 Å². The highest BCUT2D eigenvalue weighted by Crippen LogP contribution is 2.49. The van der Waals surface area contributed by atoms with Gasteiger partial charge in [0.1, 0.15) is 0 Å². The van der Waals surface area contributed by atoms with E-state index in [9.17, 15) is 0 Å². The fraction of sp³-hybridized carbons (Fsp3) is 1.00. The van der Waals surface area contributed by atoms with Gasteiger partial charge in [-0.25, -0.2) is 0 Å². The molecule has 4 unspecified atom stereocenters. The van der Waals surface area contributed by atoms with Gasteiger partial charge < -0.3 is 0 Å². The average molecular weight is 447 g/mol. The Bertz CT molecular complexity index is 413. The quantitative estimate of drug-likeness (QED) is 0.233. The van der Waals surface area contributed by atoms with E-state index in [1.54, 1.807) is 0 Å². The summed E-state index contributed by atoms with van der Waals surface area (Å²) in [5, 5.41) is 0. The first-order chi connectivity index (χ1) is 15.3. The van der Waals surface area contributed by atoms with Gasteiger partial charge in [0.2, 0.25) is 0 Å². The van der Waals surface area contributed by atoms with Crippen molar-refractivity contribution in [1.82, 2.24) is 0 Å². The van der Waals surface area contributed by atoms with E-state index in [0.717, 1.165) is 53.3 Å². The molecule has 2 rings (SSSR count). The Morgan fingerprint density at radius 2 is 0.781 bits per heavy atom. The zero-order chi connectivity index (χ0) is 23.5. The minimum Gasteiger partial charge on any atom is -0.0654 e. The van der Waals surface area contributed by atoms with Crippen LogP contribution in [0.15, 0.2) is 0 Å². The highest BCUT2D eigenvalue weighted by Gasteiger charge is 2.40. The lowest BCUT2D eigenvalue weighted by atomic mass is 9.58. The molecular weight excluding hydrogens is 384 g/mol. The van der Waals surface area contributed by atoms with E-state index in [1.165, 1.54) is 103 Å². The van der Waals surface area contributed by atoms with E-state index in [-0.39, 0.29) is 0 Å². The average Bonchev–Trinajstić information content (AvgIpc) is 2.76. The molecule has 0 spiro atoms. The summed E-state index contributed by atoms with van der Waals surface area (Å²) in [5.74, 6) is 8.62. The van der Waals surface area contributed by atoms with E-state index < -0.39 is 0 Å². The number of rotatable bonds is 14. The van der Waals surface area contributed by atoms with E-state index in [4.69, 9.17) is 0 Å². The Kier molecular flexibility index (Phi) is 13.3. The van der Waals surface area contributed by atoms with Gasteiger partial charge in [-0.2, -0.15) is 0 Å². The standard InChI is InChI=1S/C32H62/c1-8-9-10-11-12-13-14-15-16-17-18-19-32(30-20-24(2)28(6)25(3)21-30)31-22-26(4)29(7)27(5)23-31/h24-32H,8-23H2,1-7H3. The maximum atomic E-state index is 2.56. The maximum Gasteiger partial charge on any atom is -0.0357 e. The van der Waals surface area contributed by atoms with Crippen molar-refractivity contribution in [2.45, 2.75) is 151 Å². The number of unbranched alkanes of at least 4 members (excludes halogenated alkanes) is 10. The van der Waals surface area contributed by atoms with Crippen LogP contribution in [0.3, 0.4) is 0 Å². The summed E-state index contributed by atoms with van der Waals surface area (Å²) in [5.41, 5.74) is 0. The van der Waals surface area contributed by atoms with Crippen LogP contribution in [0.2, 0.25) is 0 Å². The van der Waals surface area contributed by atoms with Crippen LogP contribution in [0, 0.1) is 53.3 Å². The first kappa shape index (κ1) is 28.2. The van der Waals surface area contributed by atoms with Crippen molar-refractivity contribution in [2.24, 2.45) is 53.3 Å². The monoisotopic (exact) mass is 446 g/mol. The smallest absolute Gasteiger partial charge is 0.0357 e. The van der Waals surface area contributed by atoms with Crippen molar-refractivity contribution in [3.8, 4) is 0 Å². The van der Waals surface area contributed by atoms with Gasteiger partial charge in [0.05, 0.1) is 0 Å². The van der Waals surface area contributed by atoms with E-state index in [0.29, 0.717) is 0 Å². The molecule has 0 nitrogen and oxygen atoms in total. The Morgan fingerprint density at radius 1 is 0.469 bits per heavy atom. The first-order valence-corrected chi connectivity index (χ1v) is 15.3. The van der Waals surface area contributed by atoms with Crippen LogP contribution in [0.1, 0.15) is 151 Å². The minimum atomic E-state index is 0.929. The predicted octanol–water partition coefficient (Wildman–Crippen LogP) is 10.9. The lowest BCUT2D eigenvalue weighted by Crippen LogP contribution is -2.38. The molecule has 2 saturated carbocycles. The molecule has 0 radical (unpaired) electrons. The summed E-state index contributed by atoms with van der Waals surface area (Å²) < 4.78 is 0. The molecule has 0 aromatic carbocycles. The van der Waals surface area contributed by atoms with Crippen molar-refractivity contribution in [3.63, 3.8) is 0 Å². The largest absolute Gasteiger partial charge is 0.0654 e. The minimum absolute atomic E-state index is 0.929. The molecule has 0 saturated heterocycles. The van der Waals surface area contributed by atoms with Gasteiger partial charge in [0.15, 0.2) is 0 Å². The van der Waals surface area contributed by atoms with Crippen molar-refractivity contribution in [1.29, 1.82) is 0 Å². The Labute approximate surface area is 204 Å². The van der Waals surface area contributed by atoms with Gasteiger partial charge in [-0.3, -0.25) is 0 Å².